The van der Waals surface area contributed by atoms with Crippen LogP contribution < -0.4 is 4.90 Å². The maximum Gasteiger partial charge on any atom is 0.0540 e. The van der Waals surface area contributed by atoms with Crippen molar-refractivity contribution in [3.63, 3.8) is 0 Å². The number of para-hydroxylation sites is 1. The average molecular weight is 782 g/mol. The Morgan fingerprint density at radius 2 is 0.800 bits per heavy atom. The van der Waals surface area contributed by atoms with E-state index in [0.29, 0.717) is 0 Å². The Hall–Kier alpha value is -7.52. The Bertz CT molecular complexity index is 3310. The van der Waals surface area contributed by atoms with Crippen LogP contribution in [0.4, 0.5) is 17.1 Å². The summed E-state index contributed by atoms with van der Waals surface area (Å²) in [5, 5.41) is 5.10. The van der Waals surface area contributed by atoms with Gasteiger partial charge >= 0.3 is 0 Å². The molecule has 1 nitrogen and oxygen atoms in total. The fraction of sp³-hybridized carbons (Fsp3) is 0. The van der Waals surface area contributed by atoms with Crippen LogP contribution in [0.1, 0.15) is 0 Å². The van der Waals surface area contributed by atoms with Crippen LogP contribution in [0.5, 0.6) is 0 Å². The number of fused-ring (bicyclic) bond motifs is 4. The minimum absolute atomic E-state index is 1.09. The van der Waals surface area contributed by atoms with Crippen molar-refractivity contribution >= 4 is 59.3 Å². The van der Waals surface area contributed by atoms with Gasteiger partial charge in [0.25, 0.3) is 0 Å². The van der Waals surface area contributed by atoms with Gasteiger partial charge in [-0.2, -0.15) is 0 Å². The summed E-state index contributed by atoms with van der Waals surface area (Å²) < 4.78 is 2.60. The number of thiophene rings is 1. The Labute approximate surface area is 354 Å². The maximum absolute atomic E-state index is 2.43. The molecule has 0 radical (unpaired) electrons. The molecular formula is C58H39NS. The quantitative estimate of drug-likeness (QED) is 0.148. The molecule has 0 atom stereocenters. The van der Waals surface area contributed by atoms with Gasteiger partial charge in [-0.05, 0) is 115 Å². The van der Waals surface area contributed by atoms with Crippen LogP contribution >= 0.6 is 11.3 Å². The molecule has 0 fully saturated rings. The van der Waals surface area contributed by atoms with Gasteiger partial charge in [-0.25, -0.2) is 0 Å². The lowest BCUT2D eigenvalue weighted by atomic mass is 9.95. The summed E-state index contributed by atoms with van der Waals surface area (Å²) in [7, 11) is 0. The van der Waals surface area contributed by atoms with Gasteiger partial charge in [0.1, 0.15) is 0 Å². The monoisotopic (exact) mass is 781 g/mol. The van der Waals surface area contributed by atoms with E-state index in [-0.39, 0.29) is 0 Å². The predicted molar refractivity (Wildman–Crippen MR) is 259 cm³/mol. The normalized spacial score (nSPS) is 11.3. The van der Waals surface area contributed by atoms with Crippen LogP contribution in [-0.4, -0.2) is 0 Å². The molecule has 0 spiro atoms. The van der Waals surface area contributed by atoms with Crippen LogP contribution in [0, 0.1) is 0 Å². The molecule has 0 aliphatic heterocycles. The molecule has 1 aromatic heterocycles. The van der Waals surface area contributed by atoms with Crippen LogP contribution in [-0.2, 0) is 0 Å². The highest BCUT2D eigenvalue weighted by Crippen LogP contribution is 2.46. The molecule has 282 valence electrons. The molecule has 0 aliphatic rings. The lowest BCUT2D eigenvalue weighted by Gasteiger charge is -2.28. The summed E-state index contributed by atoms with van der Waals surface area (Å²) in [6, 6.07) is 86.2. The van der Waals surface area contributed by atoms with Gasteiger partial charge in [-0.3, -0.25) is 0 Å². The zero-order chi connectivity index (χ0) is 39.8. The zero-order valence-corrected chi connectivity index (χ0v) is 33.7. The first kappa shape index (κ1) is 35.6. The number of rotatable bonds is 8. The van der Waals surface area contributed by atoms with Crippen LogP contribution in [0.15, 0.2) is 237 Å². The Kier molecular flexibility index (Phi) is 9.11. The first-order valence-electron chi connectivity index (χ1n) is 20.5. The molecule has 11 aromatic rings. The standard InChI is InChI=1S/C58H39NS/c1-2-13-40(14-3-1)42-27-29-43(30-28-42)44-33-35-50(36-34-44)59(55-24-8-6-21-52(55)53-23-12-26-57-58(53)54-22-7-9-25-56(54)60-57)51-20-11-19-48(39-51)46-17-10-18-47(38-46)49-32-31-41-15-4-5-16-45(41)37-49/h1-39H. The fourth-order valence-corrected chi connectivity index (χ4v) is 9.82. The second-order valence-corrected chi connectivity index (χ2v) is 16.4. The summed E-state index contributed by atoms with van der Waals surface area (Å²) in [5.74, 6) is 0. The molecule has 0 unspecified atom stereocenters. The molecular weight excluding hydrogens is 743 g/mol. The molecule has 11 rings (SSSR count). The van der Waals surface area contributed by atoms with Gasteiger partial charge < -0.3 is 4.90 Å². The van der Waals surface area contributed by atoms with E-state index in [9.17, 15) is 0 Å². The van der Waals surface area contributed by atoms with Gasteiger partial charge in [0.05, 0.1) is 5.69 Å². The highest BCUT2D eigenvalue weighted by molar-refractivity contribution is 7.25. The molecule has 2 heteroatoms. The van der Waals surface area contributed by atoms with Gasteiger partial charge in [0.2, 0.25) is 0 Å². The lowest BCUT2D eigenvalue weighted by Crippen LogP contribution is -2.11. The minimum atomic E-state index is 1.09. The van der Waals surface area contributed by atoms with Crippen molar-refractivity contribution in [2.45, 2.75) is 0 Å². The second-order valence-electron chi connectivity index (χ2n) is 15.3. The average Bonchev–Trinajstić information content (AvgIpc) is 3.72. The molecule has 0 aliphatic carbocycles. The minimum Gasteiger partial charge on any atom is -0.310 e. The van der Waals surface area contributed by atoms with Crippen molar-refractivity contribution in [1.82, 2.24) is 0 Å². The Balaban J connectivity index is 1.03. The topological polar surface area (TPSA) is 3.24 Å². The molecule has 0 amide bonds. The summed E-state index contributed by atoms with van der Waals surface area (Å²) in [6.45, 7) is 0. The fourth-order valence-electron chi connectivity index (χ4n) is 8.68. The van der Waals surface area contributed by atoms with E-state index >= 15 is 0 Å². The van der Waals surface area contributed by atoms with E-state index < -0.39 is 0 Å². The van der Waals surface area contributed by atoms with E-state index in [1.807, 2.05) is 11.3 Å². The number of hydrogen-bond donors (Lipinski definition) is 0. The number of nitrogens with zero attached hydrogens (tertiary/aromatic N) is 1. The van der Waals surface area contributed by atoms with Crippen LogP contribution in [0.3, 0.4) is 0 Å². The number of hydrogen-bond acceptors (Lipinski definition) is 2. The SMILES string of the molecule is c1ccc(-c2ccc(-c3ccc(N(c4cccc(-c5cccc(-c6ccc7ccccc7c6)c5)c4)c4ccccc4-c4cccc5sc6ccccc6c45)cc3)cc2)cc1. The first-order valence-corrected chi connectivity index (χ1v) is 21.3. The zero-order valence-electron chi connectivity index (χ0n) is 32.9. The van der Waals surface area contributed by atoms with E-state index in [1.165, 1.54) is 86.6 Å². The highest BCUT2D eigenvalue weighted by Gasteiger charge is 2.20. The first-order chi connectivity index (χ1) is 29.7. The molecule has 0 saturated heterocycles. The third-order valence-corrected chi connectivity index (χ3v) is 12.8. The van der Waals surface area contributed by atoms with Gasteiger partial charge in [0.15, 0.2) is 0 Å². The highest BCUT2D eigenvalue weighted by atomic mass is 32.1. The second kappa shape index (κ2) is 15.3. The maximum atomic E-state index is 2.43. The van der Waals surface area contributed by atoms with E-state index in [2.05, 4.69) is 241 Å². The van der Waals surface area contributed by atoms with Crippen molar-refractivity contribution in [3.05, 3.63) is 237 Å². The van der Waals surface area contributed by atoms with Crippen LogP contribution in [0.2, 0.25) is 0 Å². The molecule has 0 bridgehead atoms. The van der Waals surface area contributed by atoms with Gasteiger partial charge in [0, 0.05) is 37.1 Å². The number of benzene rings is 10. The van der Waals surface area contributed by atoms with Crippen molar-refractivity contribution in [2.24, 2.45) is 0 Å². The summed E-state index contributed by atoms with van der Waals surface area (Å²) in [6.07, 6.45) is 0. The Morgan fingerprint density at radius 3 is 1.58 bits per heavy atom. The van der Waals surface area contributed by atoms with E-state index in [0.717, 1.165) is 17.1 Å². The Morgan fingerprint density at radius 1 is 0.283 bits per heavy atom. The van der Waals surface area contributed by atoms with Crippen molar-refractivity contribution in [3.8, 4) is 55.6 Å². The van der Waals surface area contributed by atoms with Crippen molar-refractivity contribution in [2.75, 3.05) is 4.90 Å². The van der Waals surface area contributed by atoms with Crippen molar-refractivity contribution in [1.29, 1.82) is 0 Å². The molecule has 0 saturated carbocycles. The van der Waals surface area contributed by atoms with Gasteiger partial charge in [-0.1, -0.05) is 182 Å². The summed E-state index contributed by atoms with van der Waals surface area (Å²) in [5.41, 5.74) is 15.3. The largest absolute Gasteiger partial charge is 0.310 e. The third kappa shape index (κ3) is 6.63. The van der Waals surface area contributed by atoms with Crippen LogP contribution in [0.25, 0.3) is 86.6 Å². The summed E-state index contributed by atoms with van der Waals surface area (Å²) >= 11 is 1.86. The lowest BCUT2D eigenvalue weighted by molar-refractivity contribution is 1.28. The van der Waals surface area contributed by atoms with Crippen molar-refractivity contribution < 1.29 is 0 Å². The molecule has 1 heterocycles. The third-order valence-electron chi connectivity index (χ3n) is 11.7. The number of anilines is 3. The smallest absolute Gasteiger partial charge is 0.0540 e. The van der Waals surface area contributed by atoms with E-state index in [1.54, 1.807) is 0 Å². The summed E-state index contributed by atoms with van der Waals surface area (Å²) in [4.78, 5) is 2.43. The predicted octanol–water partition coefficient (Wildman–Crippen LogP) is 17.0. The molecule has 10 aromatic carbocycles. The van der Waals surface area contributed by atoms with Gasteiger partial charge in [-0.15, -0.1) is 11.3 Å². The molecule has 0 N–H and O–H groups in total. The van der Waals surface area contributed by atoms with E-state index in [4.69, 9.17) is 0 Å². The molecule has 60 heavy (non-hydrogen) atoms.